The first-order valence-corrected chi connectivity index (χ1v) is 10.5. The average molecular weight is 411 g/mol. The van der Waals surface area contributed by atoms with Crippen LogP contribution in [0.3, 0.4) is 0 Å². The van der Waals surface area contributed by atoms with Crippen LogP contribution in [0, 0.1) is 6.92 Å². The van der Waals surface area contributed by atoms with E-state index >= 15 is 0 Å². The standard InChI is InChI=1S/C21H30N8O/c1-16-5-7-18-22-23-19(29(18)24-16)15-27-11-9-26(10-12-27)13-14-28-20(30)8-6-17(25-28)21(2,3)4/h5-8H,9-15H2,1-4H3. The summed E-state index contributed by atoms with van der Waals surface area (Å²) in [5, 5.41) is 17.6. The van der Waals surface area contributed by atoms with Crippen molar-refractivity contribution in [3.63, 3.8) is 0 Å². The molecule has 0 spiro atoms. The Bertz CT molecular complexity index is 1070. The van der Waals surface area contributed by atoms with Crippen LogP contribution >= 0.6 is 0 Å². The minimum absolute atomic E-state index is 0.0388. The van der Waals surface area contributed by atoms with Gasteiger partial charge in [-0.1, -0.05) is 20.8 Å². The Kier molecular flexibility index (Phi) is 5.66. The summed E-state index contributed by atoms with van der Waals surface area (Å²) in [6, 6.07) is 7.36. The van der Waals surface area contributed by atoms with Crippen LogP contribution in [0.25, 0.3) is 5.65 Å². The Balaban J connectivity index is 1.32. The second kappa shape index (κ2) is 8.23. The van der Waals surface area contributed by atoms with E-state index in [0.717, 1.165) is 62.1 Å². The van der Waals surface area contributed by atoms with Crippen molar-refractivity contribution in [1.82, 2.24) is 39.4 Å². The van der Waals surface area contributed by atoms with Crippen molar-refractivity contribution in [1.29, 1.82) is 0 Å². The summed E-state index contributed by atoms with van der Waals surface area (Å²) in [7, 11) is 0. The number of aryl methyl sites for hydroxylation is 1. The van der Waals surface area contributed by atoms with E-state index in [9.17, 15) is 4.79 Å². The molecule has 0 saturated carbocycles. The number of piperazine rings is 1. The van der Waals surface area contributed by atoms with Crippen LogP contribution < -0.4 is 5.56 Å². The molecular formula is C21H30N8O. The molecule has 1 aliphatic rings. The van der Waals surface area contributed by atoms with E-state index in [1.165, 1.54) is 0 Å². The lowest BCUT2D eigenvalue weighted by molar-refractivity contribution is 0.120. The maximum absolute atomic E-state index is 12.2. The van der Waals surface area contributed by atoms with E-state index in [-0.39, 0.29) is 11.0 Å². The molecule has 3 aromatic rings. The molecule has 0 amide bonds. The lowest BCUT2D eigenvalue weighted by atomic mass is 9.92. The largest absolute Gasteiger partial charge is 0.299 e. The van der Waals surface area contributed by atoms with E-state index < -0.39 is 0 Å². The molecule has 0 unspecified atom stereocenters. The van der Waals surface area contributed by atoms with Gasteiger partial charge in [-0.2, -0.15) is 14.7 Å². The van der Waals surface area contributed by atoms with Crippen molar-refractivity contribution in [3.8, 4) is 0 Å². The Morgan fingerprint density at radius 1 is 0.900 bits per heavy atom. The predicted molar refractivity (Wildman–Crippen MR) is 114 cm³/mol. The second-order valence-electron chi connectivity index (χ2n) is 9.01. The van der Waals surface area contributed by atoms with Gasteiger partial charge in [0, 0.05) is 44.2 Å². The highest BCUT2D eigenvalue weighted by molar-refractivity contribution is 5.35. The number of aromatic nitrogens is 6. The van der Waals surface area contributed by atoms with Crippen LogP contribution in [0.5, 0.6) is 0 Å². The smallest absolute Gasteiger partial charge is 0.266 e. The van der Waals surface area contributed by atoms with Crippen molar-refractivity contribution in [2.45, 2.75) is 46.2 Å². The molecule has 0 N–H and O–H groups in total. The van der Waals surface area contributed by atoms with Crippen LogP contribution in [0.15, 0.2) is 29.1 Å². The van der Waals surface area contributed by atoms with Crippen LogP contribution in [0.1, 0.15) is 38.0 Å². The summed E-state index contributed by atoms with van der Waals surface area (Å²) in [5.74, 6) is 0.872. The number of fused-ring (bicyclic) bond motifs is 1. The molecule has 1 fully saturated rings. The molecule has 4 heterocycles. The quantitative estimate of drug-likeness (QED) is 0.623. The van der Waals surface area contributed by atoms with E-state index in [0.29, 0.717) is 6.54 Å². The van der Waals surface area contributed by atoms with Crippen LogP contribution in [-0.4, -0.2) is 72.1 Å². The summed E-state index contributed by atoms with van der Waals surface area (Å²) in [6.45, 7) is 14.3. The van der Waals surface area contributed by atoms with Crippen molar-refractivity contribution >= 4 is 5.65 Å². The topological polar surface area (TPSA) is 84.5 Å². The highest BCUT2D eigenvalue weighted by atomic mass is 16.1. The summed E-state index contributed by atoms with van der Waals surface area (Å²) >= 11 is 0. The predicted octanol–water partition coefficient (Wildman–Crippen LogP) is 1.10. The van der Waals surface area contributed by atoms with Crippen molar-refractivity contribution < 1.29 is 0 Å². The van der Waals surface area contributed by atoms with Crippen molar-refractivity contribution in [2.24, 2.45) is 0 Å². The van der Waals surface area contributed by atoms with Crippen molar-refractivity contribution in [3.05, 3.63) is 51.8 Å². The molecule has 1 saturated heterocycles. The lowest BCUT2D eigenvalue weighted by Gasteiger charge is -2.34. The fourth-order valence-electron chi connectivity index (χ4n) is 3.64. The zero-order valence-corrected chi connectivity index (χ0v) is 18.2. The fraction of sp³-hybridized carbons (Fsp3) is 0.571. The van der Waals surface area contributed by atoms with Crippen LogP contribution in [-0.2, 0) is 18.5 Å². The third kappa shape index (κ3) is 4.57. The average Bonchev–Trinajstić information content (AvgIpc) is 3.09. The third-order valence-electron chi connectivity index (χ3n) is 5.55. The SMILES string of the molecule is Cc1ccc2nnc(CN3CCN(CCn4nc(C(C)(C)C)ccc4=O)CC3)n2n1. The molecule has 4 rings (SSSR count). The van der Waals surface area contributed by atoms with Gasteiger partial charge in [-0.05, 0) is 25.1 Å². The zero-order valence-electron chi connectivity index (χ0n) is 18.2. The number of hydrogen-bond acceptors (Lipinski definition) is 7. The van der Waals surface area contributed by atoms with Gasteiger partial charge in [0.25, 0.3) is 5.56 Å². The monoisotopic (exact) mass is 410 g/mol. The van der Waals surface area contributed by atoms with Gasteiger partial charge in [-0.25, -0.2) is 4.68 Å². The summed E-state index contributed by atoms with van der Waals surface area (Å²) in [6.07, 6.45) is 0. The maximum Gasteiger partial charge on any atom is 0.266 e. The van der Waals surface area contributed by atoms with E-state index in [1.54, 1.807) is 10.7 Å². The van der Waals surface area contributed by atoms with Gasteiger partial charge >= 0.3 is 0 Å². The first kappa shape index (κ1) is 20.6. The Hall–Kier alpha value is -2.65. The van der Waals surface area contributed by atoms with Gasteiger partial charge in [0.05, 0.1) is 24.5 Å². The van der Waals surface area contributed by atoms with E-state index in [4.69, 9.17) is 0 Å². The summed E-state index contributed by atoms with van der Waals surface area (Å²) in [4.78, 5) is 16.9. The molecule has 0 radical (unpaired) electrons. The van der Waals surface area contributed by atoms with Gasteiger partial charge in [0.1, 0.15) is 0 Å². The van der Waals surface area contributed by atoms with Crippen LogP contribution in [0.2, 0.25) is 0 Å². The molecule has 9 nitrogen and oxygen atoms in total. The minimum atomic E-state index is -0.0691. The number of rotatable bonds is 5. The maximum atomic E-state index is 12.2. The van der Waals surface area contributed by atoms with Gasteiger partial charge in [0.15, 0.2) is 11.5 Å². The van der Waals surface area contributed by atoms with Gasteiger partial charge < -0.3 is 0 Å². The normalized spacial score (nSPS) is 16.4. The first-order chi connectivity index (χ1) is 14.3. The second-order valence-corrected chi connectivity index (χ2v) is 9.01. The molecule has 0 bridgehead atoms. The Morgan fingerprint density at radius 3 is 2.37 bits per heavy atom. The minimum Gasteiger partial charge on any atom is -0.299 e. The highest BCUT2D eigenvalue weighted by Gasteiger charge is 2.20. The Morgan fingerprint density at radius 2 is 1.63 bits per heavy atom. The van der Waals surface area contributed by atoms with E-state index in [2.05, 4.69) is 51.0 Å². The molecule has 0 aromatic carbocycles. The summed E-state index contributed by atoms with van der Waals surface area (Å²) in [5.41, 5.74) is 2.57. The number of nitrogens with zero attached hydrogens (tertiary/aromatic N) is 8. The van der Waals surface area contributed by atoms with Crippen molar-refractivity contribution in [2.75, 3.05) is 32.7 Å². The highest BCUT2D eigenvalue weighted by Crippen LogP contribution is 2.18. The molecule has 9 heteroatoms. The molecule has 3 aromatic heterocycles. The lowest BCUT2D eigenvalue weighted by Crippen LogP contribution is -2.47. The van der Waals surface area contributed by atoms with Gasteiger partial charge in [0.2, 0.25) is 0 Å². The molecule has 0 aliphatic carbocycles. The van der Waals surface area contributed by atoms with Crippen LogP contribution in [0.4, 0.5) is 0 Å². The molecule has 30 heavy (non-hydrogen) atoms. The molecule has 0 atom stereocenters. The summed E-state index contributed by atoms with van der Waals surface area (Å²) < 4.78 is 3.44. The zero-order chi connectivity index (χ0) is 21.3. The number of hydrogen-bond donors (Lipinski definition) is 0. The Labute approximate surface area is 176 Å². The molecule has 160 valence electrons. The van der Waals surface area contributed by atoms with Gasteiger partial charge in [-0.3, -0.25) is 14.6 Å². The van der Waals surface area contributed by atoms with E-state index in [1.807, 2.05) is 29.6 Å². The third-order valence-corrected chi connectivity index (χ3v) is 5.55. The molecular weight excluding hydrogens is 380 g/mol. The fourth-order valence-corrected chi connectivity index (χ4v) is 3.64. The molecule has 1 aliphatic heterocycles. The first-order valence-electron chi connectivity index (χ1n) is 10.5. The van der Waals surface area contributed by atoms with Gasteiger partial charge in [-0.15, -0.1) is 10.2 Å².